The van der Waals surface area contributed by atoms with Gasteiger partial charge in [0.25, 0.3) is 0 Å². The number of sulfone groups is 1. The Kier molecular flexibility index (Phi) is 7.38. The standard InChI is InChI=1S/C31H25Cl3N2O5S/c1-42(39,40)22-9-7-21(8-10-22)41-27-12-6-19(33)14-23(27)29-31(24-11-5-20(34)15-26(24)35-30(31)38)25(16-28(37)36-29)17-3-2-4-18(32)13-17/h2-12,14-15,17,25,29H,13,16H2,1H3,(H,35,38)(H,36,37)/t17?,25-,29-,31-/m0/s1. The van der Waals surface area contributed by atoms with E-state index in [2.05, 4.69) is 10.6 Å². The maximum absolute atomic E-state index is 14.3. The van der Waals surface area contributed by atoms with E-state index in [-0.39, 0.29) is 29.0 Å². The third-order valence-corrected chi connectivity index (χ3v) is 10.0. The number of anilines is 1. The van der Waals surface area contributed by atoms with Crippen molar-refractivity contribution in [3.63, 3.8) is 0 Å². The summed E-state index contributed by atoms with van der Waals surface area (Å²) in [4.78, 5) is 27.9. The molecule has 216 valence electrons. The highest BCUT2D eigenvalue weighted by molar-refractivity contribution is 7.90. The summed E-state index contributed by atoms with van der Waals surface area (Å²) >= 11 is 19.3. The van der Waals surface area contributed by atoms with Gasteiger partial charge in [-0.1, -0.05) is 53.0 Å². The molecule has 2 N–H and O–H groups in total. The summed E-state index contributed by atoms with van der Waals surface area (Å²) in [7, 11) is -3.40. The fraction of sp³-hybridized carbons (Fsp3) is 0.226. The van der Waals surface area contributed by atoms with Crippen molar-refractivity contribution in [1.82, 2.24) is 5.32 Å². The molecule has 7 nitrogen and oxygen atoms in total. The third kappa shape index (κ3) is 5.00. The van der Waals surface area contributed by atoms with Gasteiger partial charge in [0.15, 0.2) is 9.84 Å². The van der Waals surface area contributed by atoms with Crippen molar-refractivity contribution >= 4 is 62.1 Å². The maximum Gasteiger partial charge on any atom is 0.237 e. The molecule has 0 radical (unpaired) electrons. The van der Waals surface area contributed by atoms with Crippen LogP contribution in [0.2, 0.25) is 10.0 Å². The van der Waals surface area contributed by atoms with Gasteiger partial charge in [0, 0.05) is 39.0 Å². The van der Waals surface area contributed by atoms with Gasteiger partial charge in [0.05, 0.1) is 10.9 Å². The van der Waals surface area contributed by atoms with Crippen LogP contribution in [0.1, 0.15) is 30.0 Å². The Hall–Kier alpha value is -3.30. The van der Waals surface area contributed by atoms with E-state index < -0.39 is 27.2 Å². The second-order valence-corrected chi connectivity index (χ2v) is 14.1. The quantitative estimate of drug-likeness (QED) is 0.313. The number of rotatable bonds is 5. The number of halogens is 3. The number of ether oxygens (including phenoxy) is 1. The van der Waals surface area contributed by atoms with E-state index >= 15 is 0 Å². The van der Waals surface area contributed by atoms with Gasteiger partial charge in [-0.2, -0.15) is 0 Å². The van der Waals surface area contributed by atoms with Crippen LogP contribution >= 0.6 is 34.8 Å². The van der Waals surface area contributed by atoms with Gasteiger partial charge in [-0.05, 0) is 84.5 Å². The van der Waals surface area contributed by atoms with Crippen LogP contribution in [0.3, 0.4) is 0 Å². The highest BCUT2D eigenvalue weighted by Gasteiger charge is 2.62. The zero-order valence-corrected chi connectivity index (χ0v) is 25.3. The highest BCUT2D eigenvalue weighted by atomic mass is 35.5. The maximum atomic E-state index is 14.3. The number of fused-ring (bicyclic) bond motifs is 2. The van der Waals surface area contributed by atoms with Crippen molar-refractivity contribution in [3.05, 3.63) is 105 Å². The predicted octanol–water partition coefficient (Wildman–Crippen LogP) is 6.96. The summed E-state index contributed by atoms with van der Waals surface area (Å²) in [6.07, 6.45) is 7.36. The number of carbonyl (C=O) groups excluding carboxylic acids is 2. The molecular weight excluding hydrogens is 619 g/mol. The fourth-order valence-corrected chi connectivity index (χ4v) is 7.60. The van der Waals surface area contributed by atoms with Crippen LogP contribution in [0.15, 0.2) is 88.8 Å². The summed E-state index contributed by atoms with van der Waals surface area (Å²) in [6, 6.07) is 15.4. The molecule has 2 aliphatic heterocycles. The van der Waals surface area contributed by atoms with Gasteiger partial charge in [-0.15, -0.1) is 0 Å². The van der Waals surface area contributed by atoms with Gasteiger partial charge in [0.2, 0.25) is 11.8 Å². The molecule has 11 heteroatoms. The average molecular weight is 644 g/mol. The van der Waals surface area contributed by atoms with Crippen molar-refractivity contribution in [2.45, 2.75) is 29.2 Å². The minimum atomic E-state index is -3.40. The van der Waals surface area contributed by atoms with E-state index in [4.69, 9.17) is 39.5 Å². The van der Waals surface area contributed by atoms with E-state index in [9.17, 15) is 18.0 Å². The van der Waals surface area contributed by atoms with Crippen molar-refractivity contribution < 1.29 is 22.7 Å². The average Bonchev–Trinajstić information content (AvgIpc) is 3.21. The number of carbonyl (C=O) groups is 2. The summed E-state index contributed by atoms with van der Waals surface area (Å²) in [5.74, 6) is -0.475. The Morgan fingerprint density at radius 1 is 0.929 bits per heavy atom. The second kappa shape index (κ2) is 10.8. The van der Waals surface area contributed by atoms with Crippen LogP contribution in [0.25, 0.3) is 0 Å². The van der Waals surface area contributed by atoms with E-state index in [0.717, 1.165) is 6.26 Å². The summed E-state index contributed by atoms with van der Waals surface area (Å²) in [5.41, 5.74) is 0.503. The largest absolute Gasteiger partial charge is 0.457 e. The van der Waals surface area contributed by atoms with Crippen molar-refractivity contribution in [3.8, 4) is 11.5 Å². The zero-order valence-electron chi connectivity index (χ0n) is 22.2. The van der Waals surface area contributed by atoms with Crippen LogP contribution in [0.5, 0.6) is 11.5 Å². The normalized spacial score (nSPS) is 25.0. The molecule has 3 aliphatic rings. The molecule has 1 fully saturated rings. The Bertz CT molecular complexity index is 1790. The monoisotopic (exact) mass is 642 g/mol. The summed E-state index contributed by atoms with van der Waals surface area (Å²) in [5, 5.41) is 7.60. The van der Waals surface area contributed by atoms with Crippen LogP contribution in [-0.4, -0.2) is 26.5 Å². The molecule has 0 saturated carbocycles. The molecule has 6 rings (SSSR count). The highest BCUT2D eigenvalue weighted by Crippen LogP contribution is 2.58. The first-order chi connectivity index (χ1) is 20.0. The van der Waals surface area contributed by atoms with Gasteiger partial charge < -0.3 is 15.4 Å². The smallest absolute Gasteiger partial charge is 0.237 e. The molecule has 1 spiro atoms. The molecule has 2 amide bonds. The molecular formula is C31H25Cl3N2O5S. The van der Waals surface area contributed by atoms with Crippen LogP contribution in [0, 0.1) is 11.8 Å². The molecule has 0 bridgehead atoms. The molecule has 1 saturated heterocycles. The molecule has 2 heterocycles. The fourth-order valence-electron chi connectivity index (χ4n) is 6.36. The van der Waals surface area contributed by atoms with Crippen LogP contribution in [0.4, 0.5) is 5.69 Å². The van der Waals surface area contributed by atoms with Gasteiger partial charge >= 0.3 is 0 Å². The number of hydrogen-bond acceptors (Lipinski definition) is 5. The van der Waals surface area contributed by atoms with Crippen LogP contribution in [-0.2, 0) is 24.8 Å². The lowest BCUT2D eigenvalue weighted by Crippen LogP contribution is -2.59. The topological polar surface area (TPSA) is 102 Å². The van der Waals surface area contributed by atoms with Gasteiger partial charge in [-0.25, -0.2) is 8.42 Å². The lowest BCUT2D eigenvalue weighted by Gasteiger charge is -2.49. The first-order valence-corrected chi connectivity index (χ1v) is 16.2. The van der Waals surface area contributed by atoms with Gasteiger partial charge in [-0.3, -0.25) is 9.59 Å². The van der Waals surface area contributed by atoms with Crippen molar-refractivity contribution in [2.24, 2.45) is 11.8 Å². The number of nitrogens with one attached hydrogen (secondary N) is 2. The molecule has 0 aromatic heterocycles. The molecule has 3 aromatic carbocycles. The molecule has 1 unspecified atom stereocenters. The number of allylic oxidation sites excluding steroid dienone is 4. The first-order valence-electron chi connectivity index (χ1n) is 13.2. The van der Waals surface area contributed by atoms with E-state index in [0.29, 0.717) is 49.8 Å². The second-order valence-electron chi connectivity index (χ2n) is 10.7. The van der Waals surface area contributed by atoms with Crippen LogP contribution < -0.4 is 15.4 Å². The van der Waals surface area contributed by atoms with E-state index in [1.165, 1.54) is 12.1 Å². The van der Waals surface area contributed by atoms with E-state index in [1.54, 1.807) is 42.5 Å². The van der Waals surface area contributed by atoms with E-state index in [1.807, 2.05) is 24.3 Å². The molecule has 3 aromatic rings. The molecule has 4 atom stereocenters. The third-order valence-electron chi connectivity index (χ3n) is 8.15. The zero-order chi connectivity index (χ0) is 29.8. The SMILES string of the molecule is CS(=O)(=O)c1ccc(Oc2ccc(Cl)cc2[C@@H]2NC(=O)C[C@@H](C3C=CC=C(Cl)C3)[C@]23C(=O)Nc2cc(Cl)ccc23)cc1. The Morgan fingerprint density at radius 3 is 2.36 bits per heavy atom. The van der Waals surface area contributed by atoms with Crippen molar-refractivity contribution in [1.29, 1.82) is 0 Å². The number of hydrogen-bond donors (Lipinski definition) is 2. The number of amides is 2. The Labute approximate surface area is 258 Å². The molecule has 1 aliphatic carbocycles. The number of benzene rings is 3. The summed E-state index contributed by atoms with van der Waals surface area (Å²) < 4.78 is 30.2. The van der Waals surface area contributed by atoms with Gasteiger partial charge in [0.1, 0.15) is 16.9 Å². The first kappa shape index (κ1) is 28.8. The minimum Gasteiger partial charge on any atom is -0.457 e. The minimum absolute atomic E-state index is 0.0921. The lowest BCUT2D eigenvalue weighted by atomic mass is 9.57. The van der Waals surface area contributed by atoms with Crippen molar-refractivity contribution in [2.75, 3.05) is 11.6 Å². The molecule has 42 heavy (non-hydrogen) atoms. The predicted molar refractivity (Wildman–Crippen MR) is 163 cm³/mol. The Morgan fingerprint density at radius 2 is 1.64 bits per heavy atom. The summed E-state index contributed by atoms with van der Waals surface area (Å²) in [6.45, 7) is 0. The number of piperidine rings is 1. The Balaban J connectivity index is 1.53. The lowest BCUT2D eigenvalue weighted by molar-refractivity contribution is -0.135.